The second-order valence-corrected chi connectivity index (χ2v) is 2.77. The molecule has 0 aliphatic rings. The van der Waals surface area contributed by atoms with Crippen molar-refractivity contribution in [2.75, 3.05) is 0 Å². The van der Waals surface area contributed by atoms with Gasteiger partial charge in [0.15, 0.2) is 0 Å². The molecule has 10 heteroatoms. The van der Waals surface area contributed by atoms with Crippen molar-refractivity contribution in [1.82, 2.24) is 4.98 Å². The van der Waals surface area contributed by atoms with E-state index in [1.54, 1.807) is 0 Å². The van der Waals surface area contributed by atoms with Crippen LogP contribution in [0.15, 0.2) is 10.9 Å². The van der Waals surface area contributed by atoms with Crippen LogP contribution < -0.4 is 10.3 Å². The molecule has 1 heterocycles. The average Bonchev–Trinajstić information content (AvgIpc) is 2.13. The maximum Gasteiger partial charge on any atom is 0.574 e. The van der Waals surface area contributed by atoms with Crippen LogP contribution in [-0.2, 0) is 6.67 Å². The van der Waals surface area contributed by atoms with Crippen molar-refractivity contribution in [1.29, 1.82) is 0 Å². The second-order valence-electron chi connectivity index (χ2n) is 2.77. The van der Waals surface area contributed by atoms with E-state index in [1.165, 1.54) is 4.98 Å². The molecule has 1 N–H and O–H groups in total. The quantitative estimate of drug-likeness (QED) is 0.506. The third-order valence-electron chi connectivity index (χ3n) is 1.64. The van der Waals surface area contributed by atoms with Crippen molar-refractivity contribution in [3.63, 3.8) is 0 Å². The molecule has 1 rings (SSSR count). The number of nitrogens with zero attached hydrogens (tertiary/aromatic N) is 1. The van der Waals surface area contributed by atoms with E-state index >= 15 is 0 Å². The van der Waals surface area contributed by atoms with Crippen molar-refractivity contribution < 1.29 is 27.2 Å². The summed E-state index contributed by atoms with van der Waals surface area (Å²) in [5.74, 6) is -1.17. The molecule has 1 aromatic heterocycles. The van der Waals surface area contributed by atoms with Gasteiger partial charge in [-0.15, -0.1) is 13.2 Å². The number of ether oxygens (including phenoxy) is 1. The van der Waals surface area contributed by atoms with Crippen molar-refractivity contribution in [3.8, 4) is 5.88 Å². The van der Waals surface area contributed by atoms with Crippen LogP contribution in [0.1, 0.15) is 5.56 Å². The Kier molecular flexibility index (Phi) is 3.34. The van der Waals surface area contributed by atoms with E-state index in [1.807, 2.05) is 0 Å². The lowest BCUT2D eigenvalue weighted by Crippen LogP contribution is -2.22. The van der Waals surface area contributed by atoms with Gasteiger partial charge in [-0.25, -0.2) is 4.39 Å². The average molecular weight is 256 g/mol. The summed E-state index contributed by atoms with van der Waals surface area (Å²) in [7, 11) is 0. The van der Waals surface area contributed by atoms with E-state index in [2.05, 4.69) is 4.74 Å². The lowest BCUT2D eigenvalue weighted by Gasteiger charge is -2.08. The molecule has 0 atom stereocenters. The standard InChI is InChI=1S/C7H4F4N2O4/c8-2-3-4(13(15)16)1-5(12-6(3)14)17-7(9,10)11/h1H,2H2,(H,12,14). The molecule has 0 radical (unpaired) electrons. The van der Waals surface area contributed by atoms with Crippen LogP contribution in [0.5, 0.6) is 5.88 Å². The SMILES string of the molecule is O=c1[nH]c(OC(F)(F)F)cc([N+](=O)[O-])c1CF. The van der Waals surface area contributed by atoms with Crippen molar-refractivity contribution in [2.24, 2.45) is 0 Å². The fraction of sp³-hybridized carbons (Fsp3) is 0.286. The zero-order valence-corrected chi connectivity index (χ0v) is 7.88. The molecule has 0 saturated carbocycles. The number of alkyl halides is 4. The van der Waals surface area contributed by atoms with Gasteiger partial charge in [0.1, 0.15) is 12.2 Å². The van der Waals surface area contributed by atoms with Crippen LogP contribution >= 0.6 is 0 Å². The van der Waals surface area contributed by atoms with E-state index < -0.39 is 40.7 Å². The van der Waals surface area contributed by atoms with Crippen molar-refractivity contribution >= 4 is 5.69 Å². The van der Waals surface area contributed by atoms with Crippen LogP contribution in [-0.4, -0.2) is 16.3 Å². The molecular formula is C7H4F4N2O4. The largest absolute Gasteiger partial charge is 0.574 e. The number of halogens is 4. The fourth-order valence-corrected chi connectivity index (χ4v) is 1.02. The van der Waals surface area contributed by atoms with Crippen LogP contribution in [0.25, 0.3) is 0 Å². The molecule has 0 bridgehead atoms. The molecule has 0 unspecified atom stereocenters. The number of aromatic amines is 1. The first-order chi connectivity index (χ1) is 7.74. The van der Waals surface area contributed by atoms with Gasteiger partial charge in [-0.2, -0.15) is 0 Å². The Morgan fingerprint density at radius 1 is 1.47 bits per heavy atom. The fourth-order valence-electron chi connectivity index (χ4n) is 1.02. The Labute approximate surface area is 90.0 Å². The highest BCUT2D eigenvalue weighted by Gasteiger charge is 2.33. The minimum Gasteiger partial charge on any atom is -0.390 e. The zero-order valence-electron chi connectivity index (χ0n) is 7.88. The molecule has 6 nitrogen and oxygen atoms in total. The van der Waals surface area contributed by atoms with Gasteiger partial charge in [0, 0.05) is 0 Å². The highest BCUT2D eigenvalue weighted by molar-refractivity contribution is 5.41. The third kappa shape index (κ3) is 3.16. The lowest BCUT2D eigenvalue weighted by atomic mass is 10.2. The topological polar surface area (TPSA) is 85.2 Å². The van der Waals surface area contributed by atoms with Gasteiger partial charge in [0.2, 0.25) is 5.88 Å². The van der Waals surface area contributed by atoms with Gasteiger partial charge in [-0.3, -0.25) is 19.9 Å². The first-order valence-electron chi connectivity index (χ1n) is 3.97. The monoisotopic (exact) mass is 256 g/mol. The molecule has 1 aromatic rings. The van der Waals surface area contributed by atoms with Crippen LogP contribution in [0.2, 0.25) is 0 Å². The number of H-pyrrole nitrogens is 1. The van der Waals surface area contributed by atoms with Crippen LogP contribution in [0, 0.1) is 10.1 Å². The van der Waals surface area contributed by atoms with E-state index in [-0.39, 0.29) is 0 Å². The predicted octanol–water partition coefficient (Wildman–Crippen LogP) is 1.65. The van der Waals surface area contributed by atoms with Gasteiger partial charge >= 0.3 is 6.36 Å². The molecule has 0 aliphatic heterocycles. The van der Waals surface area contributed by atoms with Gasteiger partial charge in [-0.05, 0) is 0 Å². The molecular weight excluding hydrogens is 252 g/mol. The molecule has 0 saturated heterocycles. The zero-order chi connectivity index (χ0) is 13.2. The Bertz CT molecular complexity index is 496. The third-order valence-corrected chi connectivity index (χ3v) is 1.64. The smallest absolute Gasteiger partial charge is 0.390 e. The summed E-state index contributed by atoms with van der Waals surface area (Å²) < 4.78 is 51.0. The van der Waals surface area contributed by atoms with Gasteiger partial charge in [0.25, 0.3) is 11.2 Å². The Morgan fingerprint density at radius 2 is 2.06 bits per heavy atom. The number of nitro groups is 1. The number of pyridine rings is 1. The van der Waals surface area contributed by atoms with Gasteiger partial charge < -0.3 is 4.74 Å². The highest BCUT2D eigenvalue weighted by Crippen LogP contribution is 2.25. The predicted molar refractivity (Wildman–Crippen MR) is 45.2 cm³/mol. The first kappa shape index (κ1) is 12.9. The summed E-state index contributed by atoms with van der Waals surface area (Å²) in [5.41, 5.74) is -3.29. The lowest BCUT2D eigenvalue weighted by molar-refractivity contribution is -0.386. The number of hydrogen-bond donors (Lipinski definition) is 1. The number of hydrogen-bond acceptors (Lipinski definition) is 4. The first-order valence-corrected chi connectivity index (χ1v) is 3.97. The Morgan fingerprint density at radius 3 is 2.47 bits per heavy atom. The Balaban J connectivity index is 3.30. The molecule has 0 aromatic carbocycles. The molecule has 0 amide bonds. The van der Waals surface area contributed by atoms with Crippen molar-refractivity contribution in [3.05, 3.63) is 32.1 Å². The summed E-state index contributed by atoms with van der Waals surface area (Å²) in [6.45, 7) is -1.47. The second kappa shape index (κ2) is 4.39. The van der Waals surface area contributed by atoms with E-state index in [4.69, 9.17) is 0 Å². The number of rotatable bonds is 3. The molecule has 0 spiro atoms. The van der Waals surface area contributed by atoms with E-state index in [0.717, 1.165) is 0 Å². The normalized spacial score (nSPS) is 11.3. The molecule has 17 heavy (non-hydrogen) atoms. The summed E-state index contributed by atoms with van der Waals surface area (Å²) in [6, 6.07) is 0.295. The van der Waals surface area contributed by atoms with E-state index in [9.17, 15) is 32.5 Å². The van der Waals surface area contributed by atoms with Gasteiger partial charge in [0.05, 0.1) is 11.0 Å². The molecule has 94 valence electrons. The summed E-state index contributed by atoms with van der Waals surface area (Å²) in [5, 5.41) is 10.4. The van der Waals surface area contributed by atoms with Crippen LogP contribution in [0.4, 0.5) is 23.2 Å². The number of nitrogens with one attached hydrogen (secondary N) is 1. The van der Waals surface area contributed by atoms with E-state index in [0.29, 0.717) is 6.07 Å². The van der Waals surface area contributed by atoms with Crippen LogP contribution in [0.3, 0.4) is 0 Å². The minimum atomic E-state index is -5.12. The minimum absolute atomic E-state index is 0.295. The van der Waals surface area contributed by atoms with Crippen molar-refractivity contribution in [2.45, 2.75) is 13.0 Å². The van der Waals surface area contributed by atoms with Gasteiger partial charge in [-0.1, -0.05) is 0 Å². The highest BCUT2D eigenvalue weighted by atomic mass is 19.4. The summed E-state index contributed by atoms with van der Waals surface area (Å²) >= 11 is 0. The number of aromatic nitrogens is 1. The maximum absolute atomic E-state index is 12.3. The summed E-state index contributed by atoms with van der Waals surface area (Å²) in [6.07, 6.45) is -5.12. The molecule has 0 fully saturated rings. The Hall–Kier alpha value is -2.13. The maximum atomic E-state index is 12.3. The summed E-state index contributed by atoms with van der Waals surface area (Å²) in [4.78, 5) is 21.8. The molecule has 0 aliphatic carbocycles.